The highest BCUT2D eigenvalue weighted by Gasteiger charge is 2.33. The molecule has 1 aliphatic carbocycles. The second-order valence-corrected chi connectivity index (χ2v) is 12.5. The summed E-state index contributed by atoms with van der Waals surface area (Å²) in [4.78, 5) is 28.8. The van der Waals surface area contributed by atoms with Crippen molar-refractivity contribution < 1.29 is 18.0 Å². The Hall–Kier alpha value is -3.36. The van der Waals surface area contributed by atoms with E-state index < -0.39 is 28.5 Å². The number of nitrogens with one attached hydrogen (secondary N) is 1. The number of para-hydroxylation sites is 1. The molecule has 212 valence electrons. The highest BCUT2D eigenvalue weighted by atomic mass is 35.5. The Morgan fingerprint density at radius 3 is 2.23 bits per heavy atom. The van der Waals surface area contributed by atoms with E-state index in [1.807, 2.05) is 37.3 Å². The highest BCUT2D eigenvalue weighted by Crippen LogP contribution is 2.31. The van der Waals surface area contributed by atoms with Crippen molar-refractivity contribution in [1.82, 2.24) is 10.2 Å². The summed E-state index contributed by atoms with van der Waals surface area (Å²) in [5.41, 5.74) is 2.12. The molecule has 0 aliphatic heterocycles. The van der Waals surface area contributed by atoms with E-state index in [9.17, 15) is 18.0 Å². The van der Waals surface area contributed by atoms with Crippen molar-refractivity contribution in [3.8, 4) is 0 Å². The van der Waals surface area contributed by atoms with Gasteiger partial charge in [-0.15, -0.1) is 0 Å². The molecule has 1 atom stereocenters. The zero-order chi connectivity index (χ0) is 28.7. The van der Waals surface area contributed by atoms with Crippen molar-refractivity contribution in [2.45, 2.75) is 62.9 Å². The molecule has 1 N–H and O–H groups in total. The van der Waals surface area contributed by atoms with E-state index in [0.717, 1.165) is 41.1 Å². The van der Waals surface area contributed by atoms with Gasteiger partial charge in [0.25, 0.3) is 10.0 Å². The van der Waals surface area contributed by atoms with Crippen LogP contribution in [-0.2, 0) is 26.0 Å². The molecule has 0 heterocycles. The summed E-state index contributed by atoms with van der Waals surface area (Å²) in [5, 5.41) is 3.28. The summed E-state index contributed by atoms with van der Waals surface area (Å²) in [6, 6.07) is 22.0. The third-order valence-electron chi connectivity index (χ3n) is 7.36. The monoisotopic (exact) mass is 581 g/mol. The number of carbonyl (C=O) groups excluding carboxylic acids is 2. The van der Waals surface area contributed by atoms with Gasteiger partial charge in [0.1, 0.15) is 12.6 Å². The third-order valence-corrected chi connectivity index (χ3v) is 9.46. The number of rotatable bonds is 11. The summed E-state index contributed by atoms with van der Waals surface area (Å²) < 4.78 is 28.8. The van der Waals surface area contributed by atoms with Gasteiger partial charge in [0, 0.05) is 12.6 Å². The zero-order valence-corrected chi connectivity index (χ0v) is 24.5. The molecule has 0 unspecified atom stereocenters. The largest absolute Gasteiger partial charge is 0.352 e. The minimum Gasteiger partial charge on any atom is -0.352 e. The minimum absolute atomic E-state index is 0.0497. The predicted octanol–water partition coefficient (Wildman–Crippen LogP) is 5.36. The lowest BCUT2D eigenvalue weighted by atomic mass is 10.1. The van der Waals surface area contributed by atoms with Gasteiger partial charge in [0.15, 0.2) is 0 Å². The maximum absolute atomic E-state index is 14.0. The standard InChI is InChI=1S/C31H36ClN3O4S/c1-23-16-18-27(19-17-23)40(38,39)35(29-15-9-8-14-28(29)32)22-30(36)34(21-20-25-10-4-3-5-11-25)24(2)31(37)33-26-12-6-7-13-26/h3-5,8-11,14-19,24,26H,6-7,12-13,20-22H2,1-2H3,(H,33,37)/t24-/m0/s1. The number of benzene rings is 3. The fourth-order valence-corrected chi connectivity index (χ4v) is 6.69. The average Bonchev–Trinajstić information content (AvgIpc) is 3.46. The first-order valence-electron chi connectivity index (χ1n) is 13.6. The summed E-state index contributed by atoms with van der Waals surface area (Å²) in [6.07, 6.45) is 4.50. The van der Waals surface area contributed by atoms with Crippen LogP contribution >= 0.6 is 11.6 Å². The maximum atomic E-state index is 14.0. The Labute approximate surface area is 242 Å². The van der Waals surface area contributed by atoms with Gasteiger partial charge >= 0.3 is 0 Å². The first-order chi connectivity index (χ1) is 19.2. The van der Waals surface area contributed by atoms with E-state index in [1.54, 1.807) is 43.3 Å². The second kappa shape index (κ2) is 13.3. The van der Waals surface area contributed by atoms with Crippen molar-refractivity contribution in [3.63, 3.8) is 0 Å². The van der Waals surface area contributed by atoms with Crippen LogP contribution in [-0.4, -0.2) is 50.3 Å². The molecule has 0 saturated heterocycles. The number of nitrogens with zero attached hydrogens (tertiary/aromatic N) is 2. The molecule has 0 bridgehead atoms. The van der Waals surface area contributed by atoms with Crippen molar-refractivity contribution in [2.75, 3.05) is 17.4 Å². The van der Waals surface area contributed by atoms with Gasteiger partial charge in [-0.1, -0.05) is 84.6 Å². The summed E-state index contributed by atoms with van der Waals surface area (Å²) >= 11 is 6.45. The normalized spacial score (nSPS) is 14.5. The Bertz CT molecular complexity index is 1410. The number of sulfonamides is 1. The maximum Gasteiger partial charge on any atom is 0.264 e. The van der Waals surface area contributed by atoms with Gasteiger partial charge in [-0.2, -0.15) is 0 Å². The van der Waals surface area contributed by atoms with Crippen LogP contribution in [0.5, 0.6) is 0 Å². The molecule has 0 spiro atoms. The Morgan fingerprint density at radius 2 is 1.57 bits per heavy atom. The molecule has 7 nitrogen and oxygen atoms in total. The van der Waals surface area contributed by atoms with E-state index in [4.69, 9.17) is 11.6 Å². The molecule has 40 heavy (non-hydrogen) atoms. The van der Waals surface area contributed by atoms with Crippen LogP contribution < -0.4 is 9.62 Å². The van der Waals surface area contributed by atoms with E-state index in [1.165, 1.54) is 17.0 Å². The van der Waals surface area contributed by atoms with Crippen molar-refractivity contribution >= 4 is 39.1 Å². The molecule has 0 radical (unpaired) electrons. The molecule has 0 aromatic heterocycles. The molecule has 1 aliphatic rings. The van der Waals surface area contributed by atoms with Crippen LogP contribution in [0.3, 0.4) is 0 Å². The molecule has 1 saturated carbocycles. The Kier molecular flexibility index (Phi) is 9.87. The van der Waals surface area contributed by atoms with E-state index in [-0.39, 0.29) is 34.1 Å². The van der Waals surface area contributed by atoms with Gasteiger partial charge in [-0.25, -0.2) is 8.42 Å². The van der Waals surface area contributed by atoms with Crippen LogP contribution in [0.4, 0.5) is 5.69 Å². The molecule has 9 heteroatoms. The summed E-state index contributed by atoms with van der Waals surface area (Å²) in [7, 11) is -4.15. The van der Waals surface area contributed by atoms with Crippen LogP contribution in [0.1, 0.15) is 43.7 Å². The minimum atomic E-state index is -4.15. The number of hydrogen-bond donors (Lipinski definition) is 1. The van der Waals surface area contributed by atoms with E-state index >= 15 is 0 Å². The smallest absolute Gasteiger partial charge is 0.264 e. The predicted molar refractivity (Wildman–Crippen MR) is 159 cm³/mol. The first kappa shape index (κ1) is 29.6. The number of amides is 2. The molecule has 2 amide bonds. The second-order valence-electron chi connectivity index (χ2n) is 10.3. The molecule has 3 aromatic rings. The lowest BCUT2D eigenvalue weighted by Crippen LogP contribution is -2.53. The van der Waals surface area contributed by atoms with Crippen molar-refractivity contribution in [3.05, 3.63) is 95.0 Å². The molecular formula is C31H36ClN3O4S. The van der Waals surface area contributed by atoms with Crippen LogP contribution in [0.2, 0.25) is 5.02 Å². The molecule has 4 rings (SSSR count). The Morgan fingerprint density at radius 1 is 0.950 bits per heavy atom. The lowest BCUT2D eigenvalue weighted by molar-refractivity contribution is -0.139. The molecule has 1 fully saturated rings. The van der Waals surface area contributed by atoms with E-state index in [2.05, 4.69) is 5.32 Å². The van der Waals surface area contributed by atoms with E-state index in [0.29, 0.717) is 6.42 Å². The van der Waals surface area contributed by atoms with Gasteiger partial charge in [-0.3, -0.25) is 13.9 Å². The van der Waals surface area contributed by atoms with Gasteiger partial charge in [0.2, 0.25) is 11.8 Å². The number of hydrogen-bond acceptors (Lipinski definition) is 4. The van der Waals surface area contributed by atoms with Crippen molar-refractivity contribution in [2.24, 2.45) is 0 Å². The van der Waals surface area contributed by atoms with Crippen LogP contribution in [0.25, 0.3) is 0 Å². The fourth-order valence-electron chi connectivity index (χ4n) is 4.97. The van der Waals surface area contributed by atoms with Crippen LogP contribution in [0.15, 0.2) is 83.8 Å². The first-order valence-corrected chi connectivity index (χ1v) is 15.5. The molecule has 3 aromatic carbocycles. The SMILES string of the molecule is Cc1ccc(S(=O)(=O)N(CC(=O)N(CCc2ccccc2)[C@@H](C)C(=O)NC2CCCC2)c2ccccc2Cl)cc1. The Balaban J connectivity index is 1.65. The fraction of sp³-hybridized carbons (Fsp3) is 0.355. The molecular weight excluding hydrogens is 546 g/mol. The van der Waals surface area contributed by atoms with Gasteiger partial charge in [-0.05, 0) is 62.9 Å². The quantitative estimate of drug-likeness (QED) is 0.330. The number of anilines is 1. The lowest BCUT2D eigenvalue weighted by Gasteiger charge is -2.32. The number of aryl methyl sites for hydroxylation is 1. The van der Waals surface area contributed by atoms with Gasteiger partial charge in [0.05, 0.1) is 15.6 Å². The van der Waals surface area contributed by atoms with Crippen molar-refractivity contribution in [1.29, 1.82) is 0 Å². The van der Waals surface area contributed by atoms with Crippen LogP contribution in [0, 0.1) is 6.92 Å². The topological polar surface area (TPSA) is 86.8 Å². The average molecular weight is 582 g/mol. The van der Waals surface area contributed by atoms with Gasteiger partial charge < -0.3 is 10.2 Å². The zero-order valence-electron chi connectivity index (χ0n) is 22.9. The third kappa shape index (κ3) is 7.23. The summed E-state index contributed by atoms with van der Waals surface area (Å²) in [6.45, 7) is 3.31. The number of halogens is 1. The number of carbonyl (C=O) groups is 2. The highest BCUT2D eigenvalue weighted by molar-refractivity contribution is 7.92. The summed E-state index contributed by atoms with van der Waals surface area (Å²) in [5.74, 6) is -0.723.